The molecule has 1 aliphatic rings. The van der Waals surface area contributed by atoms with Crippen molar-refractivity contribution in [2.24, 2.45) is 11.8 Å². The third-order valence-electron chi connectivity index (χ3n) is 3.97. The molecular weight excluding hydrogens is 282 g/mol. The maximum Gasteiger partial charge on any atom is 0.308 e. The molecule has 0 saturated carbocycles. The molecule has 2 unspecified atom stereocenters. The van der Waals surface area contributed by atoms with Gasteiger partial charge in [-0.25, -0.2) is 0 Å². The van der Waals surface area contributed by atoms with Crippen LogP contribution in [0.1, 0.15) is 18.9 Å². The number of piperidine rings is 1. The zero-order valence-electron chi connectivity index (χ0n) is 12.9. The first-order chi connectivity index (χ1) is 10.6. The van der Waals surface area contributed by atoms with Crippen molar-refractivity contribution in [1.82, 2.24) is 4.90 Å². The molecule has 1 heterocycles. The van der Waals surface area contributed by atoms with Crippen LogP contribution in [0, 0.1) is 11.8 Å². The molecule has 2 atom stereocenters. The topological polar surface area (TPSA) is 66.8 Å². The van der Waals surface area contributed by atoms with Gasteiger partial charge in [0.1, 0.15) is 6.61 Å². The van der Waals surface area contributed by atoms with Gasteiger partial charge in [-0.15, -0.1) is 0 Å². The molecular formula is C17H23NO4. The molecule has 5 nitrogen and oxygen atoms in total. The number of hydrogen-bond donors (Lipinski definition) is 1. The van der Waals surface area contributed by atoms with E-state index in [0.29, 0.717) is 26.1 Å². The lowest BCUT2D eigenvalue weighted by molar-refractivity contribution is -0.148. The summed E-state index contributed by atoms with van der Waals surface area (Å²) in [5.41, 5.74) is 1.17. The minimum atomic E-state index is -0.825. The maximum atomic E-state index is 12.1. The Morgan fingerprint density at radius 2 is 2.00 bits per heavy atom. The van der Waals surface area contributed by atoms with Gasteiger partial charge in [0.25, 0.3) is 0 Å². The highest BCUT2D eigenvalue weighted by Crippen LogP contribution is 2.21. The molecule has 1 N–H and O–H groups in total. The second kappa shape index (κ2) is 7.94. The standard InChI is InChI=1S/C17H23NO4/c1-13-9-15(17(20)21)11-18(10-13)16(19)12-22-8-7-14-5-3-2-4-6-14/h2-6,13,15H,7-12H2,1H3,(H,20,21). The summed E-state index contributed by atoms with van der Waals surface area (Å²) in [7, 11) is 0. The van der Waals surface area contributed by atoms with Crippen LogP contribution >= 0.6 is 0 Å². The number of carbonyl (C=O) groups is 2. The number of benzene rings is 1. The second-order valence-corrected chi connectivity index (χ2v) is 5.96. The number of likely N-dealkylation sites (tertiary alicyclic amines) is 1. The third kappa shape index (κ3) is 4.84. The third-order valence-corrected chi connectivity index (χ3v) is 3.97. The summed E-state index contributed by atoms with van der Waals surface area (Å²) < 4.78 is 5.44. The van der Waals surface area contributed by atoms with Crippen LogP contribution in [-0.2, 0) is 20.7 Å². The van der Waals surface area contributed by atoms with E-state index in [4.69, 9.17) is 9.84 Å². The molecule has 0 aromatic heterocycles. The van der Waals surface area contributed by atoms with Crippen LogP contribution in [0.3, 0.4) is 0 Å². The average Bonchev–Trinajstić information content (AvgIpc) is 2.51. The van der Waals surface area contributed by atoms with Gasteiger partial charge in [0.2, 0.25) is 5.91 Å². The fourth-order valence-electron chi connectivity index (χ4n) is 2.82. The number of carbonyl (C=O) groups excluding carboxylic acids is 1. The predicted molar refractivity (Wildman–Crippen MR) is 82.5 cm³/mol. The Balaban J connectivity index is 1.73. The van der Waals surface area contributed by atoms with E-state index in [-0.39, 0.29) is 18.4 Å². The number of ether oxygens (including phenoxy) is 1. The number of amides is 1. The molecule has 1 saturated heterocycles. The Bertz CT molecular complexity index is 503. The van der Waals surface area contributed by atoms with E-state index in [1.807, 2.05) is 37.3 Å². The Morgan fingerprint density at radius 3 is 2.68 bits per heavy atom. The molecule has 5 heteroatoms. The van der Waals surface area contributed by atoms with Crippen molar-refractivity contribution in [1.29, 1.82) is 0 Å². The van der Waals surface area contributed by atoms with Gasteiger partial charge in [0, 0.05) is 13.1 Å². The summed E-state index contributed by atoms with van der Waals surface area (Å²) in [6.07, 6.45) is 1.40. The van der Waals surface area contributed by atoms with Gasteiger partial charge >= 0.3 is 5.97 Å². The van der Waals surface area contributed by atoms with E-state index in [0.717, 1.165) is 6.42 Å². The summed E-state index contributed by atoms with van der Waals surface area (Å²) in [6, 6.07) is 9.96. The molecule has 2 rings (SSSR count). The molecule has 1 fully saturated rings. The smallest absolute Gasteiger partial charge is 0.308 e. The minimum Gasteiger partial charge on any atom is -0.481 e. The van der Waals surface area contributed by atoms with E-state index in [1.54, 1.807) is 4.90 Å². The molecule has 1 amide bonds. The molecule has 22 heavy (non-hydrogen) atoms. The van der Waals surface area contributed by atoms with Crippen molar-refractivity contribution in [2.45, 2.75) is 19.8 Å². The normalized spacial score (nSPS) is 21.6. The van der Waals surface area contributed by atoms with Gasteiger partial charge in [-0.2, -0.15) is 0 Å². The summed E-state index contributed by atoms with van der Waals surface area (Å²) in [5.74, 6) is -1.19. The van der Waals surface area contributed by atoms with Crippen LogP contribution in [0.2, 0.25) is 0 Å². The van der Waals surface area contributed by atoms with E-state index in [1.165, 1.54) is 5.56 Å². The first-order valence-electron chi connectivity index (χ1n) is 7.68. The van der Waals surface area contributed by atoms with Gasteiger partial charge in [-0.1, -0.05) is 37.3 Å². The van der Waals surface area contributed by atoms with Crippen LogP contribution < -0.4 is 0 Å². The molecule has 120 valence electrons. The molecule has 1 aliphatic heterocycles. The van der Waals surface area contributed by atoms with Gasteiger partial charge in [0.05, 0.1) is 12.5 Å². The van der Waals surface area contributed by atoms with E-state index < -0.39 is 11.9 Å². The van der Waals surface area contributed by atoms with Gasteiger partial charge in [-0.3, -0.25) is 9.59 Å². The van der Waals surface area contributed by atoms with E-state index >= 15 is 0 Å². The Kier molecular flexibility index (Phi) is 5.95. The van der Waals surface area contributed by atoms with Crippen LogP contribution in [0.5, 0.6) is 0 Å². The number of hydrogen-bond acceptors (Lipinski definition) is 3. The van der Waals surface area contributed by atoms with Crippen LogP contribution in [0.15, 0.2) is 30.3 Å². The van der Waals surface area contributed by atoms with Crippen molar-refractivity contribution in [3.05, 3.63) is 35.9 Å². The number of aliphatic carboxylic acids is 1. The SMILES string of the molecule is CC1CC(C(=O)O)CN(C(=O)COCCc2ccccc2)C1. The summed E-state index contributed by atoms with van der Waals surface area (Å²) in [4.78, 5) is 24.9. The van der Waals surface area contributed by atoms with Crippen molar-refractivity contribution >= 4 is 11.9 Å². The Hall–Kier alpha value is -1.88. The lowest BCUT2D eigenvalue weighted by Gasteiger charge is -2.34. The highest BCUT2D eigenvalue weighted by Gasteiger charge is 2.31. The number of nitrogens with zero attached hydrogens (tertiary/aromatic N) is 1. The highest BCUT2D eigenvalue weighted by molar-refractivity contribution is 5.79. The molecule has 0 aliphatic carbocycles. The van der Waals surface area contributed by atoms with Crippen LogP contribution in [0.4, 0.5) is 0 Å². The molecule has 0 bridgehead atoms. The van der Waals surface area contributed by atoms with E-state index in [9.17, 15) is 9.59 Å². The minimum absolute atomic E-state index is 0.0197. The van der Waals surface area contributed by atoms with Crippen molar-refractivity contribution in [3.63, 3.8) is 0 Å². The zero-order valence-corrected chi connectivity index (χ0v) is 12.9. The van der Waals surface area contributed by atoms with Crippen molar-refractivity contribution < 1.29 is 19.4 Å². The van der Waals surface area contributed by atoms with Gasteiger partial charge < -0.3 is 14.7 Å². The fraction of sp³-hybridized carbons (Fsp3) is 0.529. The number of rotatable bonds is 6. The summed E-state index contributed by atoms with van der Waals surface area (Å²) >= 11 is 0. The number of carboxylic acids is 1. The van der Waals surface area contributed by atoms with Crippen molar-refractivity contribution in [2.75, 3.05) is 26.3 Å². The first-order valence-corrected chi connectivity index (χ1v) is 7.68. The monoisotopic (exact) mass is 305 g/mol. The quantitative estimate of drug-likeness (QED) is 0.814. The van der Waals surface area contributed by atoms with Gasteiger partial charge in [0.15, 0.2) is 0 Å². The summed E-state index contributed by atoms with van der Waals surface area (Å²) in [6.45, 7) is 3.39. The largest absolute Gasteiger partial charge is 0.481 e. The van der Waals surface area contributed by atoms with Crippen molar-refractivity contribution in [3.8, 4) is 0 Å². The molecule has 0 spiro atoms. The van der Waals surface area contributed by atoms with Crippen LogP contribution in [-0.4, -0.2) is 48.2 Å². The van der Waals surface area contributed by atoms with Gasteiger partial charge in [-0.05, 0) is 24.3 Å². The van der Waals surface area contributed by atoms with E-state index in [2.05, 4.69) is 0 Å². The second-order valence-electron chi connectivity index (χ2n) is 5.96. The molecule has 1 aromatic carbocycles. The number of carboxylic acid groups (broad SMARTS) is 1. The first kappa shape index (κ1) is 16.5. The Labute approximate surface area is 130 Å². The lowest BCUT2D eigenvalue weighted by Crippen LogP contribution is -2.46. The zero-order chi connectivity index (χ0) is 15.9. The average molecular weight is 305 g/mol. The highest BCUT2D eigenvalue weighted by atomic mass is 16.5. The fourth-order valence-corrected chi connectivity index (χ4v) is 2.82. The predicted octanol–water partition coefficient (Wildman–Crippen LogP) is 1.81. The van der Waals surface area contributed by atoms with Crippen LogP contribution in [0.25, 0.3) is 0 Å². The maximum absolute atomic E-state index is 12.1. The summed E-state index contributed by atoms with van der Waals surface area (Å²) in [5, 5.41) is 9.13. The Morgan fingerprint density at radius 1 is 1.27 bits per heavy atom. The lowest BCUT2D eigenvalue weighted by atomic mass is 9.90. The molecule has 0 radical (unpaired) electrons. The molecule has 1 aromatic rings.